The fourth-order valence-electron chi connectivity index (χ4n) is 1.03. The van der Waals surface area contributed by atoms with Gasteiger partial charge >= 0.3 is 62.5 Å². The number of hydrogen-bond donors (Lipinski definition) is 1. The molecular weight excluding hydrogens is 139 g/mol. The van der Waals surface area contributed by atoms with Gasteiger partial charge in [-0.25, -0.2) is 0 Å². The van der Waals surface area contributed by atoms with Crippen molar-refractivity contribution < 1.29 is 0 Å². The normalized spacial score (nSPS) is 9.82. The zero-order chi connectivity index (χ0) is 7.68. The summed E-state index contributed by atoms with van der Waals surface area (Å²) in [6, 6.07) is 7.29. The van der Waals surface area contributed by atoms with Crippen molar-refractivity contribution in [3.05, 3.63) is 34.6 Å². The molecule has 0 aliphatic rings. The van der Waals surface area contributed by atoms with Gasteiger partial charge in [-0.3, -0.25) is 0 Å². The third-order valence-electron chi connectivity index (χ3n) is 1.56. The Labute approximate surface area is 63.4 Å². The first kappa shape index (κ1) is 6.28. The van der Waals surface area contributed by atoms with Crippen LogP contribution in [0.2, 0.25) is 0 Å². The maximum absolute atomic E-state index is 11.0. The van der Waals surface area contributed by atoms with Gasteiger partial charge < -0.3 is 0 Å². The summed E-state index contributed by atoms with van der Waals surface area (Å²) in [5.74, 6) is 0. The van der Waals surface area contributed by atoms with E-state index in [9.17, 15) is 4.79 Å². The van der Waals surface area contributed by atoms with E-state index < -0.39 is 0 Å². The standard InChI is InChI=1S/C7H5BN2O/c11-7-5-3-1-2-4-6(5)9-8-10-7/h1-4,9H. The van der Waals surface area contributed by atoms with Gasteiger partial charge in [-0.1, -0.05) is 0 Å². The third-order valence-corrected chi connectivity index (χ3v) is 1.56. The molecule has 0 fully saturated rings. The number of para-hydroxylation sites is 1. The van der Waals surface area contributed by atoms with Gasteiger partial charge in [0.25, 0.3) is 0 Å². The number of aromatic amines is 1. The summed E-state index contributed by atoms with van der Waals surface area (Å²) in [6.45, 7) is 0. The Kier molecular flexibility index (Phi) is 1.32. The Morgan fingerprint density at radius 1 is 1.36 bits per heavy atom. The van der Waals surface area contributed by atoms with E-state index >= 15 is 0 Å². The molecule has 1 aromatic heterocycles. The van der Waals surface area contributed by atoms with Crippen LogP contribution in [0.4, 0.5) is 0 Å². The van der Waals surface area contributed by atoms with Crippen molar-refractivity contribution in [2.45, 2.75) is 0 Å². The quantitative estimate of drug-likeness (QED) is 0.576. The third kappa shape index (κ3) is 0.961. The van der Waals surface area contributed by atoms with E-state index in [2.05, 4.69) is 9.78 Å². The van der Waals surface area contributed by atoms with Crippen LogP contribution in [0.3, 0.4) is 0 Å². The van der Waals surface area contributed by atoms with E-state index in [-0.39, 0.29) is 5.56 Å². The Morgan fingerprint density at radius 2 is 2.18 bits per heavy atom. The summed E-state index contributed by atoms with van der Waals surface area (Å²) >= 11 is 0. The van der Waals surface area contributed by atoms with Crippen LogP contribution in [-0.2, 0) is 0 Å². The monoisotopic (exact) mass is 144 g/mol. The van der Waals surface area contributed by atoms with E-state index in [1.165, 1.54) is 7.19 Å². The fourth-order valence-corrected chi connectivity index (χ4v) is 1.03. The number of nitrogens with one attached hydrogen (secondary N) is 1. The second-order valence-electron chi connectivity index (χ2n) is 2.25. The summed E-state index contributed by atoms with van der Waals surface area (Å²) in [4.78, 5) is 17.5. The number of fused-ring (bicyclic) bond motifs is 1. The zero-order valence-electron chi connectivity index (χ0n) is 5.74. The van der Waals surface area contributed by atoms with Crippen molar-refractivity contribution >= 4 is 18.1 Å². The molecule has 0 radical (unpaired) electrons. The van der Waals surface area contributed by atoms with Crippen molar-refractivity contribution in [2.24, 2.45) is 0 Å². The Bertz CT molecular complexity index is 432. The molecule has 1 aromatic carbocycles. The number of H-pyrrole nitrogens is 1. The molecule has 1 heterocycles. The molecule has 52 valence electrons. The summed E-state index contributed by atoms with van der Waals surface area (Å²) in [5.41, 5.74) is 0.645. The summed E-state index contributed by atoms with van der Waals surface area (Å²) in [5, 5.41) is 0.634. The summed E-state index contributed by atoms with van der Waals surface area (Å²) < 4.78 is 0. The van der Waals surface area contributed by atoms with Gasteiger partial charge in [0.05, 0.1) is 0 Å². The molecule has 0 saturated carbocycles. The molecule has 0 amide bonds. The van der Waals surface area contributed by atoms with Crippen molar-refractivity contribution in [1.82, 2.24) is 9.78 Å². The average Bonchev–Trinajstić information content (AvgIpc) is 2.06. The van der Waals surface area contributed by atoms with Gasteiger partial charge in [0, 0.05) is 0 Å². The van der Waals surface area contributed by atoms with Crippen LogP contribution in [0.15, 0.2) is 29.1 Å². The molecule has 0 unspecified atom stereocenters. The predicted octanol–water partition coefficient (Wildman–Crippen LogP) is 0.261. The number of nitrogens with zero attached hydrogens (tertiary/aromatic N) is 1. The van der Waals surface area contributed by atoms with Crippen molar-refractivity contribution in [3.63, 3.8) is 0 Å². The number of benzene rings is 1. The minimum absolute atomic E-state index is 0.181. The average molecular weight is 144 g/mol. The van der Waals surface area contributed by atoms with E-state index in [1.807, 2.05) is 18.2 Å². The van der Waals surface area contributed by atoms with Crippen molar-refractivity contribution in [1.29, 1.82) is 0 Å². The van der Waals surface area contributed by atoms with Crippen LogP contribution in [-0.4, -0.2) is 17.0 Å². The van der Waals surface area contributed by atoms with Crippen molar-refractivity contribution in [3.8, 4) is 0 Å². The fraction of sp³-hybridized carbons (Fsp3) is 0. The van der Waals surface area contributed by atoms with Gasteiger partial charge in [-0.05, 0) is 0 Å². The van der Waals surface area contributed by atoms with E-state index in [4.69, 9.17) is 0 Å². The molecule has 3 nitrogen and oxygen atoms in total. The van der Waals surface area contributed by atoms with Crippen LogP contribution in [0.25, 0.3) is 10.9 Å². The second-order valence-corrected chi connectivity index (χ2v) is 2.25. The first-order valence-corrected chi connectivity index (χ1v) is 3.30. The second kappa shape index (κ2) is 2.30. The van der Waals surface area contributed by atoms with Gasteiger partial charge in [0.15, 0.2) is 0 Å². The Balaban J connectivity index is 3.03. The molecule has 0 atom stereocenters. The molecule has 1 N–H and O–H groups in total. The van der Waals surface area contributed by atoms with E-state index in [0.29, 0.717) is 5.39 Å². The number of hydrogen-bond acceptors (Lipinski definition) is 2. The van der Waals surface area contributed by atoms with Crippen LogP contribution in [0, 0.1) is 0 Å². The summed E-state index contributed by atoms with van der Waals surface area (Å²) in [6.07, 6.45) is 0. The first-order valence-electron chi connectivity index (χ1n) is 3.30. The molecule has 2 rings (SSSR count). The maximum atomic E-state index is 11.0. The van der Waals surface area contributed by atoms with Gasteiger partial charge in [0.1, 0.15) is 0 Å². The van der Waals surface area contributed by atoms with E-state index in [1.54, 1.807) is 6.07 Å². The van der Waals surface area contributed by atoms with E-state index in [0.717, 1.165) is 5.52 Å². The Hall–Kier alpha value is -1.45. The first-order chi connectivity index (χ1) is 5.38. The molecule has 0 aliphatic carbocycles. The van der Waals surface area contributed by atoms with Crippen molar-refractivity contribution in [2.75, 3.05) is 0 Å². The summed E-state index contributed by atoms with van der Waals surface area (Å²) in [7, 11) is 1.41. The number of rotatable bonds is 0. The van der Waals surface area contributed by atoms with Crippen LogP contribution in [0.1, 0.15) is 0 Å². The molecule has 0 bridgehead atoms. The molecule has 0 aliphatic heterocycles. The molecule has 11 heavy (non-hydrogen) atoms. The molecule has 0 spiro atoms. The minimum atomic E-state index is -0.181. The van der Waals surface area contributed by atoms with Gasteiger partial charge in [0.2, 0.25) is 0 Å². The van der Waals surface area contributed by atoms with Gasteiger partial charge in [-0.15, -0.1) is 0 Å². The molecule has 4 heteroatoms. The number of aromatic nitrogens is 2. The van der Waals surface area contributed by atoms with Crippen LogP contribution >= 0.6 is 0 Å². The Morgan fingerprint density at radius 3 is 3.00 bits per heavy atom. The van der Waals surface area contributed by atoms with Crippen LogP contribution in [0.5, 0.6) is 0 Å². The molecule has 0 saturated heterocycles. The molecule has 2 aromatic rings. The van der Waals surface area contributed by atoms with Gasteiger partial charge in [-0.2, -0.15) is 0 Å². The topological polar surface area (TPSA) is 45.8 Å². The predicted molar refractivity (Wildman–Crippen MR) is 43.7 cm³/mol. The van der Waals surface area contributed by atoms with Crippen LogP contribution < -0.4 is 5.56 Å². The molecular formula is C7H5BN2O. The zero-order valence-corrected chi connectivity index (χ0v) is 5.74. The SMILES string of the molecule is O=c1nb[nH]c2ccccc12.